The van der Waals surface area contributed by atoms with Crippen molar-refractivity contribution in [3.63, 3.8) is 0 Å². The van der Waals surface area contributed by atoms with E-state index in [1.54, 1.807) is 0 Å². The number of benzene rings is 2. The highest BCUT2D eigenvalue weighted by Crippen LogP contribution is 2.43. The Bertz CT molecular complexity index is 1040. The summed E-state index contributed by atoms with van der Waals surface area (Å²) in [5.41, 5.74) is 5.69. The number of carbonyl (C=O) groups is 1. The summed E-state index contributed by atoms with van der Waals surface area (Å²) >= 11 is 8.08. The molecule has 1 N–H and O–H groups in total. The van der Waals surface area contributed by atoms with Crippen LogP contribution in [-0.4, -0.2) is 17.5 Å². The van der Waals surface area contributed by atoms with Gasteiger partial charge in [-0.2, -0.15) is 0 Å². The van der Waals surface area contributed by atoms with Crippen LogP contribution >= 0.6 is 22.9 Å². The standard InChI is InChI=1S/C24H25ClN2OS/c1-4-18-16(3)29-23-19(18)13-14-27(22(23)17-9-6-5-7-10-17)24(28)26-21-12-8-11-20(25)15(21)2/h5-12,22H,4,13-14H2,1-3H3,(H,26,28). The number of carbonyl (C=O) groups excluding carboxylic acids is 1. The van der Waals surface area contributed by atoms with E-state index in [1.165, 1.54) is 20.9 Å². The monoisotopic (exact) mass is 424 g/mol. The van der Waals surface area contributed by atoms with Gasteiger partial charge in [0, 0.05) is 27.0 Å². The van der Waals surface area contributed by atoms with Crippen molar-refractivity contribution in [3.05, 3.63) is 85.6 Å². The van der Waals surface area contributed by atoms with E-state index in [0.29, 0.717) is 11.6 Å². The van der Waals surface area contributed by atoms with Crippen LogP contribution < -0.4 is 5.32 Å². The Morgan fingerprint density at radius 3 is 2.66 bits per heavy atom. The van der Waals surface area contributed by atoms with Crippen molar-refractivity contribution >= 4 is 34.7 Å². The third kappa shape index (κ3) is 3.67. The fraction of sp³-hybridized carbons (Fsp3) is 0.292. The summed E-state index contributed by atoms with van der Waals surface area (Å²) in [6.07, 6.45) is 1.93. The molecule has 4 rings (SSSR count). The number of hydrogen-bond acceptors (Lipinski definition) is 2. The van der Waals surface area contributed by atoms with E-state index in [9.17, 15) is 4.79 Å². The van der Waals surface area contributed by atoms with Gasteiger partial charge in [-0.3, -0.25) is 0 Å². The zero-order valence-electron chi connectivity index (χ0n) is 17.0. The van der Waals surface area contributed by atoms with Crippen LogP contribution in [0.5, 0.6) is 0 Å². The molecule has 3 nitrogen and oxygen atoms in total. The summed E-state index contributed by atoms with van der Waals surface area (Å²) in [5, 5.41) is 3.75. The van der Waals surface area contributed by atoms with E-state index in [-0.39, 0.29) is 12.1 Å². The second-order valence-corrected chi connectivity index (χ2v) is 9.10. The first kappa shape index (κ1) is 20.0. The minimum Gasteiger partial charge on any atom is -0.312 e. The third-order valence-electron chi connectivity index (χ3n) is 5.75. The molecule has 1 atom stereocenters. The Balaban J connectivity index is 1.74. The summed E-state index contributed by atoms with van der Waals surface area (Å²) in [4.78, 5) is 18.0. The lowest BCUT2D eigenvalue weighted by atomic mass is 9.92. The Morgan fingerprint density at radius 2 is 1.93 bits per heavy atom. The minimum atomic E-state index is -0.0843. The second-order valence-electron chi connectivity index (χ2n) is 7.43. The predicted molar refractivity (Wildman–Crippen MR) is 122 cm³/mol. The first-order chi connectivity index (χ1) is 14.0. The molecule has 150 valence electrons. The lowest BCUT2D eigenvalue weighted by Gasteiger charge is -2.36. The third-order valence-corrected chi connectivity index (χ3v) is 7.40. The van der Waals surface area contributed by atoms with Gasteiger partial charge in [-0.05, 0) is 61.1 Å². The van der Waals surface area contributed by atoms with Gasteiger partial charge in [0.05, 0.1) is 6.04 Å². The molecule has 2 heterocycles. The molecule has 0 spiro atoms. The molecule has 5 heteroatoms. The molecule has 0 saturated heterocycles. The first-order valence-electron chi connectivity index (χ1n) is 10.00. The van der Waals surface area contributed by atoms with Crippen molar-refractivity contribution in [2.45, 2.75) is 39.7 Å². The lowest BCUT2D eigenvalue weighted by Crippen LogP contribution is -2.42. The number of halogens is 1. The van der Waals surface area contributed by atoms with Crippen molar-refractivity contribution < 1.29 is 4.79 Å². The Morgan fingerprint density at radius 1 is 1.17 bits per heavy atom. The molecule has 0 bridgehead atoms. The molecule has 1 aliphatic rings. The van der Waals surface area contributed by atoms with E-state index in [2.05, 4.69) is 31.3 Å². The van der Waals surface area contributed by atoms with E-state index >= 15 is 0 Å². The maximum absolute atomic E-state index is 13.4. The van der Waals surface area contributed by atoms with Crippen LogP contribution in [-0.2, 0) is 12.8 Å². The zero-order valence-corrected chi connectivity index (χ0v) is 18.5. The van der Waals surface area contributed by atoms with E-state index < -0.39 is 0 Å². The number of aryl methyl sites for hydroxylation is 1. The molecule has 2 amide bonds. The maximum atomic E-state index is 13.4. The van der Waals surface area contributed by atoms with Crippen LogP contribution in [0.3, 0.4) is 0 Å². The fourth-order valence-corrected chi connectivity index (χ4v) is 5.84. The highest BCUT2D eigenvalue weighted by molar-refractivity contribution is 7.12. The molecule has 1 aliphatic heterocycles. The van der Waals surface area contributed by atoms with Crippen molar-refractivity contribution in [3.8, 4) is 0 Å². The molecule has 0 radical (unpaired) electrons. The summed E-state index contributed by atoms with van der Waals surface area (Å²) in [6, 6.07) is 15.8. The van der Waals surface area contributed by atoms with E-state index in [1.807, 2.05) is 59.6 Å². The van der Waals surface area contributed by atoms with Gasteiger partial charge in [-0.1, -0.05) is 54.9 Å². The smallest absolute Gasteiger partial charge is 0.312 e. The summed E-state index contributed by atoms with van der Waals surface area (Å²) in [7, 11) is 0. The molecule has 3 aromatic rings. The Kier molecular flexibility index (Phi) is 5.66. The van der Waals surface area contributed by atoms with Crippen LogP contribution in [0.4, 0.5) is 10.5 Å². The number of hydrogen-bond donors (Lipinski definition) is 1. The fourth-order valence-electron chi connectivity index (χ4n) is 4.22. The van der Waals surface area contributed by atoms with Crippen LogP contribution in [0.25, 0.3) is 0 Å². The summed E-state index contributed by atoms with van der Waals surface area (Å²) in [5.74, 6) is 0. The van der Waals surface area contributed by atoms with Gasteiger partial charge in [0.2, 0.25) is 0 Å². The van der Waals surface area contributed by atoms with E-state index in [0.717, 1.165) is 29.7 Å². The van der Waals surface area contributed by atoms with Crippen LogP contribution in [0.1, 0.15) is 45.0 Å². The minimum absolute atomic E-state index is 0.0663. The van der Waals surface area contributed by atoms with Crippen LogP contribution in [0.15, 0.2) is 48.5 Å². The molecule has 0 saturated carbocycles. The second kappa shape index (κ2) is 8.21. The largest absolute Gasteiger partial charge is 0.322 e. The predicted octanol–water partition coefficient (Wildman–Crippen LogP) is 6.76. The quantitative estimate of drug-likeness (QED) is 0.494. The number of anilines is 1. The zero-order chi connectivity index (χ0) is 20.5. The number of urea groups is 1. The number of rotatable bonds is 3. The van der Waals surface area contributed by atoms with Gasteiger partial charge < -0.3 is 10.2 Å². The first-order valence-corrected chi connectivity index (χ1v) is 11.2. The van der Waals surface area contributed by atoms with Gasteiger partial charge in [0.15, 0.2) is 0 Å². The Labute approximate surface area is 181 Å². The molecular formula is C24H25ClN2OS. The maximum Gasteiger partial charge on any atom is 0.322 e. The number of amides is 2. The van der Waals surface area contributed by atoms with Crippen molar-refractivity contribution in [2.75, 3.05) is 11.9 Å². The lowest BCUT2D eigenvalue weighted by molar-refractivity contribution is 0.195. The SMILES string of the molecule is CCc1c(C)sc2c1CCN(C(=O)Nc1cccc(Cl)c1C)C2c1ccccc1. The van der Waals surface area contributed by atoms with Gasteiger partial charge >= 0.3 is 6.03 Å². The highest BCUT2D eigenvalue weighted by Gasteiger charge is 2.35. The molecule has 0 fully saturated rings. The van der Waals surface area contributed by atoms with Gasteiger partial charge in [-0.15, -0.1) is 11.3 Å². The number of nitrogens with zero attached hydrogens (tertiary/aromatic N) is 1. The number of nitrogens with one attached hydrogen (secondary N) is 1. The molecule has 1 aromatic heterocycles. The number of thiophene rings is 1. The number of fused-ring (bicyclic) bond motifs is 1. The molecule has 1 unspecified atom stereocenters. The highest BCUT2D eigenvalue weighted by atomic mass is 35.5. The van der Waals surface area contributed by atoms with Gasteiger partial charge in [0.1, 0.15) is 0 Å². The van der Waals surface area contributed by atoms with Crippen molar-refractivity contribution in [1.29, 1.82) is 0 Å². The average molecular weight is 425 g/mol. The van der Waals surface area contributed by atoms with E-state index in [4.69, 9.17) is 11.6 Å². The molecule has 29 heavy (non-hydrogen) atoms. The summed E-state index contributed by atoms with van der Waals surface area (Å²) < 4.78 is 0. The molecular weight excluding hydrogens is 400 g/mol. The van der Waals surface area contributed by atoms with Crippen molar-refractivity contribution in [2.24, 2.45) is 0 Å². The topological polar surface area (TPSA) is 32.3 Å². The Hall–Kier alpha value is -2.30. The normalized spacial score (nSPS) is 15.9. The molecule has 2 aromatic carbocycles. The summed E-state index contributed by atoms with van der Waals surface area (Å²) in [6.45, 7) is 7.04. The van der Waals surface area contributed by atoms with Gasteiger partial charge in [0.25, 0.3) is 0 Å². The van der Waals surface area contributed by atoms with Crippen molar-refractivity contribution in [1.82, 2.24) is 4.90 Å². The van der Waals surface area contributed by atoms with Gasteiger partial charge in [-0.25, -0.2) is 4.79 Å². The molecule has 0 aliphatic carbocycles. The van der Waals surface area contributed by atoms with Crippen LogP contribution in [0, 0.1) is 13.8 Å². The average Bonchev–Trinajstić information content (AvgIpc) is 3.06. The van der Waals surface area contributed by atoms with Crippen LogP contribution in [0.2, 0.25) is 5.02 Å².